The van der Waals surface area contributed by atoms with E-state index < -0.39 is 0 Å². The van der Waals surface area contributed by atoms with Crippen molar-refractivity contribution in [2.45, 2.75) is 39.4 Å². The smallest absolute Gasteiger partial charge is 0.161 e. The third-order valence-electron chi connectivity index (χ3n) is 6.03. The van der Waals surface area contributed by atoms with Crippen LogP contribution >= 0.6 is 0 Å². The number of rotatable bonds is 5. The molecule has 1 aliphatic heterocycles. The van der Waals surface area contributed by atoms with Gasteiger partial charge in [0.15, 0.2) is 11.5 Å². The van der Waals surface area contributed by atoms with Crippen LogP contribution < -0.4 is 9.47 Å². The van der Waals surface area contributed by atoms with E-state index in [1.54, 1.807) is 14.2 Å². The van der Waals surface area contributed by atoms with Crippen LogP contribution in [0.15, 0.2) is 54.7 Å². The van der Waals surface area contributed by atoms with Crippen LogP contribution in [0.5, 0.6) is 11.5 Å². The van der Waals surface area contributed by atoms with Crippen molar-refractivity contribution in [1.29, 1.82) is 0 Å². The van der Waals surface area contributed by atoms with Crippen molar-refractivity contribution >= 4 is 0 Å². The molecule has 2 aromatic carbocycles. The molecule has 0 amide bonds. The van der Waals surface area contributed by atoms with Crippen LogP contribution in [-0.4, -0.2) is 30.2 Å². The molecule has 0 saturated carbocycles. The van der Waals surface area contributed by atoms with E-state index in [0.29, 0.717) is 0 Å². The van der Waals surface area contributed by atoms with Gasteiger partial charge in [-0.05, 0) is 66.8 Å². The highest BCUT2D eigenvalue weighted by molar-refractivity contribution is 5.43. The zero-order valence-corrected chi connectivity index (χ0v) is 17.8. The van der Waals surface area contributed by atoms with E-state index in [4.69, 9.17) is 9.47 Å². The van der Waals surface area contributed by atoms with E-state index >= 15 is 0 Å². The first-order chi connectivity index (χ1) is 14.1. The predicted octanol–water partition coefficient (Wildman–Crippen LogP) is 5.12. The minimum atomic E-state index is 0.236. The predicted molar refractivity (Wildman–Crippen MR) is 117 cm³/mol. The fourth-order valence-corrected chi connectivity index (χ4v) is 4.34. The Kier molecular flexibility index (Phi) is 5.63. The molecule has 4 nitrogen and oxygen atoms in total. The van der Waals surface area contributed by atoms with Gasteiger partial charge in [0.1, 0.15) is 0 Å². The van der Waals surface area contributed by atoms with Gasteiger partial charge in [-0.2, -0.15) is 0 Å². The summed E-state index contributed by atoms with van der Waals surface area (Å²) >= 11 is 0. The lowest BCUT2D eigenvalue weighted by molar-refractivity contribution is 0.220. The largest absolute Gasteiger partial charge is 0.493 e. The van der Waals surface area contributed by atoms with E-state index in [0.717, 1.165) is 37.6 Å². The second kappa shape index (κ2) is 8.34. The molecule has 4 rings (SSSR count). The average molecular weight is 391 g/mol. The molecule has 0 spiro atoms. The molecule has 0 saturated heterocycles. The molecule has 3 aromatic rings. The summed E-state index contributed by atoms with van der Waals surface area (Å²) in [7, 11) is 3.37. The summed E-state index contributed by atoms with van der Waals surface area (Å²) in [6, 6.07) is 17.8. The third kappa shape index (κ3) is 3.90. The van der Waals surface area contributed by atoms with Crippen LogP contribution in [0, 0.1) is 13.8 Å². The SMILES string of the molecule is COc1ccc(CN2CCCn3cccc3[C@@H]2c2ccc(C)c(C)c2)cc1OC. The second-order valence-corrected chi connectivity index (χ2v) is 7.89. The molecule has 0 bridgehead atoms. The molecular formula is C25H30N2O2. The Hall–Kier alpha value is -2.72. The number of ether oxygens (including phenoxy) is 2. The van der Waals surface area contributed by atoms with Crippen LogP contribution in [0.25, 0.3) is 0 Å². The zero-order chi connectivity index (χ0) is 20.4. The number of nitrogens with zero attached hydrogens (tertiary/aromatic N) is 2. The summed E-state index contributed by atoms with van der Waals surface area (Å²) in [5, 5.41) is 0. The second-order valence-electron chi connectivity index (χ2n) is 7.89. The lowest BCUT2D eigenvalue weighted by atomic mass is 9.97. The molecule has 0 N–H and O–H groups in total. The van der Waals surface area contributed by atoms with E-state index in [1.165, 1.54) is 27.9 Å². The fraction of sp³-hybridized carbons (Fsp3) is 0.360. The molecule has 29 heavy (non-hydrogen) atoms. The number of methoxy groups -OCH3 is 2. The van der Waals surface area contributed by atoms with Gasteiger partial charge in [-0.15, -0.1) is 0 Å². The van der Waals surface area contributed by atoms with Crippen molar-refractivity contribution in [3.63, 3.8) is 0 Å². The van der Waals surface area contributed by atoms with E-state index in [2.05, 4.69) is 72.0 Å². The van der Waals surface area contributed by atoms with Gasteiger partial charge in [0.2, 0.25) is 0 Å². The Bertz CT molecular complexity index is 992. The standard InChI is InChI=1S/C25H30N2O2/c1-18-8-10-21(15-19(18)2)25-22-7-5-12-26(22)13-6-14-27(25)17-20-9-11-23(28-3)24(16-20)29-4/h5,7-12,15-16,25H,6,13-14,17H2,1-4H3/t25-/m0/s1. The first kappa shape index (κ1) is 19.6. The fourth-order valence-electron chi connectivity index (χ4n) is 4.34. The molecule has 0 radical (unpaired) electrons. The Balaban J connectivity index is 1.73. The van der Waals surface area contributed by atoms with Crippen molar-refractivity contribution in [1.82, 2.24) is 9.47 Å². The van der Waals surface area contributed by atoms with E-state index in [1.807, 2.05) is 6.07 Å². The van der Waals surface area contributed by atoms with Crippen LogP contribution in [-0.2, 0) is 13.1 Å². The highest BCUT2D eigenvalue weighted by Gasteiger charge is 2.27. The normalized spacial score (nSPS) is 16.9. The first-order valence-electron chi connectivity index (χ1n) is 10.3. The first-order valence-corrected chi connectivity index (χ1v) is 10.3. The summed E-state index contributed by atoms with van der Waals surface area (Å²) in [5.41, 5.74) is 6.64. The van der Waals surface area contributed by atoms with Crippen molar-refractivity contribution in [3.8, 4) is 11.5 Å². The number of hydrogen-bond acceptors (Lipinski definition) is 3. The third-order valence-corrected chi connectivity index (χ3v) is 6.03. The maximum Gasteiger partial charge on any atom is 0.161 e. The summed E-state index contributed by atoms with van der Waals surface area (Å²) in [6.45, 7) is 7.35. The maximum atomic E-state index is 5.53. The van der Waals surface area contributed by atoms with Crippen LogP contribution in [0.4, 0.5) is 0 Å². The van der Waals surface area contributed by atoms with Crippen molar-refractivity contribution in [2.24, 2.45) is 0 Å². The number of fused-ring (bicyclic) bond motifs is 1. The highest BCUT2D eigenvalue weighted by atomic mass is 16.5. The van der Waals surface area contributed by atoms with Crippen molar-refractivity contribution in [2.75, 3.05) is 20.8 Å². The maximum absolute atomic E-state index is 5.53. The van der Waals surface area contributed by atoms with E-state index in [-0.39, 0.29) is 6.04 Å². The van der Waals surface area contributed by atoms with Gasteiger partial charge >= 0.3 is 0 Å². The number of aromatic nitrogens is 1. The van der Waals surface area contributed by atoms with Gasteiger partial charge in [0, 0.05) is 31.5 Å². The lowest BCUT2D eigenvalue weighted by Crippen LogP contribution is -2.29. The minimum Gasteiger partial charge on any atom is -0.493 e. The number of hydrogen-bond donors (Lipinski definition) is 0. The van der Waals surface area contributed by atoms with Gasteiger partial charge in [-0.25, -0.2) is 0 Å². The minimum absolute atomic E-state index is 0.236. The van der Waals surface area contributed by atoms with Gasteiger partial charge < -0.3 is 14.0 Å². The Labute approximate surface area is 173 Å². The molecule has 4 heteroatoms. The van der Waals surface area contributed by atoms with Crippen LogP contribution in [0.3, 0.4) is 0 Å². The molecule has 2 heterocycles. The van der Waals surface area contributed by atoms with Gasteiger partial charge in [0.05, 0.1) is 20.3 Å². The molecule has 0 fully saturated rings. The zero-order valence-electron chi connectivity index (χ0n) is 17.8. The highest BCUT2D eigenvalue weighted by Crippen LogP contribution is 2.35. The Morgan fingerprint density at radius 3 is 2.48 bits per heavy atom. The average Bonchev–Trinajstić information content (AvgIpc) is 3.11. The molecule has 152 valence electrons. The molecule has 1 aromatic heterocycles. The Morgan fingerprint density at radius 1 is 0.897 bits per heavy atom. The molecule has 0 unspecified atom stereocenters. The van der Waals surface area contributed by atoms with Gasteiger partial charge in [-0.1, -0.05) is 24.3 Å². The van der Waals surface area contributed by atoms with Crippen molar-refractivity contribution < 1.29 is 9.47 Å². The lowest BCUT2D eigenvalue weighted by Gasteiger charge is -2.31. The van der Waals surface area contributed by atoms with E-state index in [9.17, 15) is 0 Å². The molecular weight excluding hydrogens is 360 g/mol. The topological polar surface area (TPSA) is 26.6 Å². The summed E-state index contributed by atoms with van der Waals surface area (Å²) < 4.78 is 13.3. The molecule has 1 atom stereocenters. The summed E-state index contributed by atoms with van der Waals surface area (Å²) in [4.78, 5) is 2.59. The number of aryl methyl sites for hydroxylation is 3. The van der Waals surface area contributed by atoms with Gasteiger partial charge in [-0.3, -0.25) is 4.90 Å². The monoisotopic (exact) mass is 390 g/mol. The quantitative estimate of drug-likeness (QED) is 0.605. The van der Waals surface area contributed by atoms with Crippen molar-refractivity contribution in [3.05, 3.63) is 82.7 Å². The van der Waals surface area contributed by atoms with Crippen LogP contribution in [0.1, 0.15) is 40.4 Å². The number of benzene rings is 2. The van der Waals surface area contributed by atoms with Crippen LogP contribution in [0.2, 0.25) is 0 Å². The summed E-state index contributed by atoms with van der Waals surface area (Å²) in [6.07, 6.45) is 3.35. The Morgan fingerprint density at radius 2 is 1.72 bits per heavy atom. The molecule has 0 aliphatic carbocycles. The van der Waals surface area contributed by atoms with Gasteiger partial charge in [0.25, 0.3) is 0 Å². The molecule has 1 aliphatic rings. The summed E-state index contributed by atoms with van der Waals surface area (Å²) in [5.74, 6) is 1.55.